The number of carbonyl (C=O) groups is 1. The van der Waals surface area contributed by atoms with E-state index in [1.165, 1.54) is 6.92 Å². The predicted molar refractivity (Wildman–Crippen MR) is 70.6 cm³/mol. The van der Waals surface area contributed by atoms with Gasteiger partial charge in [0.2, 0.25) is 0 Å². The van der Waals surface area contributed by atoms with Gasteiger partial charge in [0.15, 0.2) is 0 Å². The number of aromatic nitrogens is 2. The number of rotatable bonds is 3. The van der Waals surface area contributed by atoms with Gasteiger partial charge in [-0.2, -0.15) is 28.4 Å². The topological polar surface area (TPSA) is 70.7 Å². The molecule has 1 aliphatic heterocycles. The molecule has 0 saturated heterocycles. The fourth-order valence-electron chi connectivity index (χ4n) is 1.97. The van der Waals surface area contributed by atoms with E-state index >= 15 is 0 Å². The van der Waals surface area contributed by atoms with Gasteiger partial charge in [-0.05, 0) is 22.9 Å². The van der Waals surface area contributed by atoms with E-state index in [0.29, 0.717) is 0 Å². The zero-order chi connectivity index (χ0) is 17.6. The van der Waals surface area contributed by atoms with E-state index in [0.717, 1.165) is 10.9 Å². The minimum atomic E-state index is -5.12. The molecule has 0 fully saturated rings. The molecule has 0 bridgehead atoms. The summed E-state index contributed by atoms with van der Waals surface area (Å²) in [5.41, 5.74) is -3.95. The Balaban J connectivity index is 2.26. The van der Waals surface area contributed by atoms with Crippen molar-refractivity contribution in [3.8, 4) is 0 Å². The maximum Gasteiger partial charge on any atom is 0.438 e. The van der Waals surface area contributed by atoms with Gasteiger partial charge in [0.1, 0.15) is 12.2 Å². The van der Waals surface area contributed by atoms with Gasteiger partial charge in [0.05, 0.1) is 10.2 Å². The number of hydrazone groups is 1. The first-order chi connectivity index (χ1) is 10.5. The Bertz CT molecular complexity index is 660. The summed E-state index contributed by atoms with van der Waals surface area (Å²) in [6, 6.07) is 0. The molecule has 1 aromatic rings. The lowest BCUT2D eigenvalue weighted by Crippen LogP contribution is -2.57. The maximum atomic E-state index is 12.9. The third kappa shape index (κ3) is 2.96. The predicted octanol–water partition coefficient (Wildman–Crippen LogP) is 2.36. The van der Waals surface area contributed by atoms with Crippen LogP contribution >= 0.6 is 15.9 Å². The highest BCUT2D eigenvalue weighted by atomic mass is 79.9. The largest absolute Gasteiger partial charge is 0.438 e. The molecule has 6 nitrogen and oxygen atoms in total. The second kappa shape index (κ2) is 5.82. The van der Waals surface area contributed by atoms with Gasteiger partial charge in [-0.1, -0.05) is 0 Å². The quantitative estimate of drug-likeness (QED) is 0.786. The average molecular weight is 405 g/mol. The van der Waals surface area contributed by atoms with Crippen LogP contribution in [0.25, 0.3) is 0 Å². The Morgan fingerprint density at radius 1 is 1.52 bits per heavy atom. The number of hydrogen-bond acceptors (Lipinski definition) is 4. The summed E-state index contributed by atoms with van der Waals surface area (Å²) in [6.45, 7) is 0.576. The number of carbonyl (C=O) groups excluding carboxylic acids is 1. The van der Waals surface area contributed by atoms with E-state index in [4.69, 9.17) is 0 Å². The molecule has 128 valence electrons. The molecule has 2 rings (SSSR count). The molecular formula is C11H10BrF5N4O2. The first-order valence-corrected chi connectivity index (χ1v) is 6.94. The van der Waals surface area contributed by atoms with E-state index in [1.807, 2.05) is 0 Å². The molecule has 0 spiro atoms. The molecule has 2 heterocycles. The van der Waals surface area contributed by atoms with Crippen LogP contribution in [-0.4, -0.2) is 43.9 Å². The highest BCUT2D eigenvalue weighted by Crippen LogP contribution is 2.38. The van der Waals surface area contributed by atoms with Gasteiger partial charge in [-0.3, -0.25) is 9.48 Å². The number of alkyl halides is 5. The Morgan fingerprint density at radius 2 is 2.13 bits per heavy atom. The number of hydrogen-bond donors (Lipinski definition) is 1. The molecule has 12 heteroatoms. The average Bonchev–Trinajstić information content (AvgIpc) is 2.95. The van der Waals surface area contributed by atoms with Gasteiger partial charge in [0.25, 0.3) is 18.1 Å². The van der Waals surface area contributed by atoms with Crippen molar-refractivity contribution < 1.29 is 31.9 Å². The summed E-state index contributed by atoms with van der Waals surface area (Å²) in [7, 11) is 0. The third-order valence-electron chi connectivity index (χ3n) is 3.26. The third-order valence-corrected chi connectivity index (χ3v) is 4.24. The molecular weight excluding hydrogens is 395 g/mol. The van der Waals surface area contributed by atoms with E-state index < -0.39 is 42.9 Å². The lowest BCUT2D eigenvalue weighted by atomic mass is 10.1. The van der Waals surface area contributed by atoms with Crippen LogP contribution in [0.4, 0.5) is 22.0 Å². The van der Waals surface area contributed by atoms with Crippen LogP contribution in [0.2, 0.25) is 0 Å². The van der Waals surface area contributed by atoms with Crippen molar-refractivity contribution in [3.63, 3.8) is 0 Å². The summed E-state index contributed by atoms with van der Waals surface area (Å²) in [4.78, 5) is 12.0. The van der Waals surface area contributed by atoms with Crippen molar-refractivity contribution in [3.05, 3.63) is 15.9 Å². The number of halogens is 6. The van der Waals surface area contributed by atoms with Crippen LogP contribution in [0.3, 0.4) is 0 Å². The Labute approximate surface area is 134 Å². The standard InChI is InChI=1S/C11H10BrF5N4O2/c1-5-7(12)8(9(13)14)19-20(5)4-6(22)21-10(23,2-3-18-21)11(15,16)17/h3,9,23H,2,4H2,1H3/t10-/m0/s1. The van der Waals surface area contributed by atoms with Crippen LogP contribution in [0.5, 0.6) is 0 Å². The number of aliphatic hydroxyl groups is 1. The molecule has 1 N–H and O–H groups in total. The van der Waals surface area contributed by atoms with Crippen molar-refractivity contribution in [1.29, 1.82) is 0 Å². The molecule has 0 unspecified atom stereocenters. The van der Waals surface area contributed by atoms with Gasteiger partial charge < -0.3 is 5.11 Å². The molecule has 0 saturated carbocycles. The fraction of sp³-hybridized carbons (Fsp3) is 0.545. The summed E-state index contributed by atoms with van der Waals surface area (Å²) in [5, 5.41) is 16.3. The Hall–Kier alpha value is -1.56. The molecule has 0 aromatic carbocycles. The second-order valence-electron chi connectivity index (χ2n) is 4.77. The van der Waals surface area contributed by atoms with Crippen LogP contribution in [0, 0.1) is 6.92 Å². The zero-order valence-corrected chi connectivity index (χ0v) is 13.1. The van der Waals surface area contributed by atoms with E-state index in [2.05, 4.69) is 26.1 Å². The molecule has 1 aliphatic rings. The normalized spacial score (nSPS) is 21.5. The van der Waals surface area contributed by atoms with Gasteiger partial charge in [-0.15, -0.1) is 0 Å². The molecule has 0 aliphatic carbocycles. The minimum Gasteiger partial charge on any atom is -0.362 e. The lowest BCUT2D eigenvalue weighted by molar-refractivity contribution is -0.302. The molecule has 0 radical (unpaired) electrons. The van der Waals surface area contributed by atoms with Crippen LogP contribution in [-0.2, 0) is 11.3 Å². The van der Waals surface area contributed by atoms with Crippen LogP contribution < -0.4 is 0 Å². The van der Waals surface area contributed by atoms with E-state index in [-0.39, 0.29) is 15.2 Å². The highest BCUT2D eigenvalue weighted by molar-refractivity contribution is 9.10. The smallest absolute Gasteiger partial charge is 0.362 e. The van der Waals surface area contributed by atoms with Gasteiger partial charge >= 0.3 is 6.18 Å². The number of nitrogens with zero attached hydrogens (tertiary/aromatic N) is 4. The summed E-state index contributed by atoms with van der Waals surface area (Å²) >= 11 is 2.88. The van der Waals surface area contributed by atoms with Gasteiger partial charge in [0, 0.05) is 12.6 Å². The van der Waals surface area contributed by atoms with Crippen molar-refractivity contribution in [2.45, 2.75) is 38.2 Å². The van der Waals surface area contributed by atoms with Crippen LogP contribution in [0.1, 0.15) is 24.2 Å². The molecule has 1 amide bonds. The Morgan fingerprint density at radius 3 is 2.61 bits per heavy atom. The summed E-state index contributed by atoms with van der Waals surface area (Å²) in [6.07, 6.45) is -8.20. The van der Waals surface area contributed by atoms with Crippen molar-refractivity contribution in [2.75, 3.05) is 0 Å². The first-order valence-electron chi connectivity index (χ1n) is 6.14. The van der Waals surface area contributed by atoms with Crippen molar-refractivity contribution in [2.24, 2.45) is 5.10 Å². The second-order valence-corrected chi connectivity index (χ2v) is 5.56. The molecule has 23 heavy (non-hydrogen) atoms. The molecule has 1 atom stereocenters. The van der Waals surface area contributed by atoms with Gasteiger partial charge in [-0.25, -0.2) is 8.78 Å². The Kier molecular flexibility index (Phi) is 4.50. The SMILES string of the molecule is Cc1c(Br)c(C(F)F)nn1CC(=O)N1N=CC[C@]1(O)C(F)(F)F. The first kappa shape index (κ1) is 17.8. The van der Waals surface area contributed by atoms with E-state index in [1.54, 1.807) is 0 Å². The summed E-state index contributed by atoms with van der Waals surface area (Å²) in [5.74, 6) is -1.24. The highest BCUT2D eigenvalue weighted by Gasteiger charge is 2.61. The lowest BCUT2D eigenvalue weighted by Gasteiger charge is -2.32. The monoisotopic (exact) mass is 404 g/mol. The van der Waals surface area contributed by atoms with E-state index in [9.17, 15) is 31.9 Å². The van der Waals surface area contributed by atoms with Crippen molar-refractivity contribution >= 4 is 28.1 Å². The summed E-state index contributed by atoms with van der Waals surface area (Å²) < 4.78 is 64.9. The fourth-order valence-corrected chi connectivity index (χ4v) is 2.43. The maximum absolute atomic E-state index is 12.9. The van der Waals surface area contributed by atoms with Crippen molar-refractivity contribution in [1.82, 2.24) is 14.8 Å². The number of amides is 1. The molecule has 1 aromatic heterocycles. The zero-order valence-electron chi connectivity index (χ0n) is 11.5. The minimum absolute atomic E-state index is 0.0451. The van der Waals surface area contributed by atoms with Crippen LogP contribution in [0.15, 0.2) is 9.57 Å².